The van der Waals surface area contributed by atoms with Crippen molar-refractivity contribution in [2.45, 2.75) is 33.2 Å². The second kappa shape index (κ2) is 9.66. The van der Waals surface area contributed by atoms with E-state index in [2.05, 4.69) is 32.3 Å². The molecule has 2 aromatic heterocycles. The summed E-state index contributed by atoms with van der Waals surface area (Å²) in [4.78, 5) is 24.8. The first-order valence-corrected chi connectivity index (χ1v) is 9.88. The molecule has 0 saturated carbocycles. The van der Waals surface area contributed by atoms with E-state index in [1.807, 2.05) is 62.5 Å². The van der Waals surface area contributed by atoms with Gasteiger partial charge in [0.25, 0.3) is 0 Å². The van der Waals surface area contributed by atoms with Gasteiger partial charge in [-0.2, -0.15) is 5.26 Å². The van der Waals surface area contributed by atoms with Crippen LogP contribution in [0.15, 0.2) is 59.3 Å². The first-order chi connectivity index (χ1) is 14.6. The number of H-pyrrole nitrogens is 1. The van der Waals surface area contributed by atoms with Gasteiger partial charge >= 0.3 is 0 Å². The zero-order valence-electron chi connectivity index (χ0n) is 17.4. The van der Waals surface area contributed by atoms with Crippen molar-refractivity contribution in [3.63, 3.8) is 0 Å². The smallest absolute Gasteiger partial charge is 0.230 e. The Morgan fingerprint density at radius 2 is 2.20 bits per heavy atom. The average Bonchev–Trinajstić information content (AvgIpc) is 3.31. The molecule has 0 unspecified atom stereocenters. The summed E-state index contributed by atoms with van der Waals surface area (Å²) in [7, 11) is 0. The number of nitrogens with zero attached hydrogens (tertiary/aromatic N) is 4. The number of nitriles is 1. The first kappa shape index (κ1) is 21.0. The zero-order chi connectivity index (χ0) is 21.5. The lowest BCUT2D eigenvalue weighted by Gasteiger charge is -2.06. The minimum Gasteiger partial charge on any atom is -0.342 e. The Bertz CT molecular complexity index is 1170. The van der Waals surface area contributed by atoms with Crippen molar-refractivity contribution >= 4 is 23.4 Å². The lowest BCUT2D eigenvalue weighted by molar-refractivity contribution is 0.103. The van der Waals surface area contributed by atoms with Crippen molar-refractivity contribution in [1.82, 2.24) is 14.5 Å². The highest BCUT2D eigenvalue weighted by molar-refractivity contribution is 6.14. The summed E-state index contributed by atoms with van der Waals surface area (Å²) in [5.74, 6) is 0.211. The summed E-state index contributed by atoms with van der Waals surface area (Å²) in [6.45, 7) is 8.57. The summed E-state index contributed by atoms with van der Waals surface area (Å²) < 4.78 is 2.06. The van der Waals surface area contributed by atoms with Gasteiger partial charge in [0.05, 0.1) is 23.7 Å². The molecule has 0 saturated heterocycles. The van der Waals surface area contributed by atoms with Crippen LogP contribution in [-0.4, -0.2) is 33.6 Å². The largest absolute Gasteiger partial charge is 0.342 e. The van der Waals surface area contributed by atoms with Crippen molar-refractivity contribution in [2.24, 2.45) is 4.99 Å². The molecule has 0 bridgehead atoms. The summed E-state index contributed by atoms with van der Waals surface area (Å²) in [5, 5.41) is 9.63. The monoisotopic (exact) mass is 399 g/mol. The van der Waals surface area contributed by atoms with Crippen LogP contribution in [0, 0.1) is 18.3 Å². The van der Waals surface area contributed by atoms with E-state index < -0.39 is 0 Å². The summed E-state index contributed by atoms with van der Waals surface area (Å²) in [6, 6.07) is 9.97. The number of aliphatic imine (C=N–C) groups is 1. The fraction of sp³-hybridized carbons (Fsp3) is 0.250. The topological polar surface area (TPSA) is 86.8 Å². The second-order valence-corrected chi connectivity index (χ2v) is 7.00. The molecule has 3 aromatic rings. The molecule has 2 heterocycles. The zero-order valence-corrected chi connectivity index (χ0v) is 17.4. The van der Waals surface area contributed by atoms with Crippen LogP contribution in [0.4, 0.5) is 0 Å². The van der Waals surface area contributed by atoms with Crippen LogP contribution in [0.1, 0.15) is 40.9 Å². The van der Waals surface area contributed by atoms with Crippen LogP contribution < -0.4 is 0 Å². The lowest BCUT2D eigenvalue weighted by atomic mass is 10.1. The van der Waals surface area contributed by atoms with Gasteiger partial charge in [-0.15, -0.1) is 0 Å². The van der Waals surface area contributed by atoms with E-state index >= 15 is 0 Å². The number of carbonyl (C=O) groups excluding carboxylic acids is 1. The van der Waals surface area contributed by atoms with Crippen LogP contribution in [0.25, 0.3) is 10.9 Å². The average molecular weight is 399 g/mol. The predicted molar refractivity (Wildman–Crippen MR) is 120 cm³/mol. The highest BCUT2D eigenvalue weighted by Gasteiger charge is 2.20. The molecule has 1 aromatic carbocycles. The van der Waals surface area contributed by atoms with Crippen molar-refractivity contribution < 1.29 is 4.79 Å². The third kappa shape index (κ3) is 4.47. The third-order valence-electron chi connectivity index (χ3n) is 5.01. The van der Waals surface area contributed by atoms with E-state index in [0.29, 0.717) is 37.3 Å². The molecule has 0 aliphatic rings. The normalized spacial score (nSPS) is 11.8. The molecule has 6 heteroatoms. The first-order valence-electron chi connectivity index (χ1n) is 9.88. The number of hydrogen-bond donors (Lipinski definition) is 1. The number of fused-ring (bicyclic) bond motifs is 1. The van der Waals surface area contributed by atoms with Crippen LogP contribution in [0.2, 0.25) is 0 Å². The van der Waals surface area contributed by atoms with Crippen molar-refractivity contribution in [3.05, 3.63) is 77.0 Å². The molecule has 0 atom stereocenters. The molecule has 0 amide bonds. The van der Waals surface area contributed by atoms with E-state index in [-0.39, 0.29) is 5.78 Å². The number of aromatic nitrogens is 3. The van der Waals surface area contributed by atoms with Gasteiger partial charge in [-0.25, -0.2) is 4.98 Å². The van der Waals surface area contributed by atoms with E-state index in [0.717, 1.165) is 27.9 Å². The Morgan fingerprint density at radius 1 is 1.40 bits per heavy atom. The Balaban J connectivity index is 1.97. The lowest BCUT2D eigenvalue weighted by Crippen LogP contribution is -2.04. The van der Waals surface area contributed by atoms with Gasteiger partial charge in [0.1, 0.15) is 0 Å². The third-order valence-corrected chi connectivity index (χ3v) is 5.01. The number of nitrogens with one attached hydrogen (secondary N) is 1. The molecular weight excluding hydrogens is 374 g/mol. The SMILES string of the molecule is C=NCCc1nc(C(=O)c2cn(CC(/C=C\CC#N)=C/C)c3ccccc23)[nH]c1C. The van der Waals surface area contributed by atoms with Crippen LogP contribution >= 0.6 is 0 Å². The summed E-state index contributed by atoms with van der Waals surface area (Å²) in [6.07, 6.45) is 8.72. The van der Waals surface area contributed by atoms with Crippen LogP contribution in [0.3, 0.4) is 0 Å². The number of imidazole rings is 1. The van der Waals surface area contributed by atoms with E-state index in [4.69, 9.17) is 5.26 Å². The van der Waals surface area contributed by atoms with Gasteiger partial charge in [0, 0.05) is 42.3 Å². The highest BCUT2D eigenvalue weighted by Crippen LogP contribution is 2.25. The molecule has 0 fully saturated rings. The van der Waals surface area contributed by atoms with E-state index in [9.17, 15) is 4.79 Å². The molecule has 0 aliphatic carbocycles. The molecule has 152 valence electrons. The molecule has 6 nitrogen and oxygen atoms in total. The minimum atomic E-state index is -0.132. The number of ketones is 1. The fourth-order valence-corrected chi connectivity index (χ4v) is 3.42. The maximum atomic E-state index is 13.3. The summed E-state index contributed by atoms with van der Waals surface area (Å²) in [5.41, 5.74) is 4.38. The molecule has 0 aliphatic heterocycles. The molecule has 1 N–H and O–H groups in total. The molecule has 0 spiro atoms. The fourth-order valence-electron chi connectivity index (χ4n) is 3.42. The maximum absolute atomic E-state index is 13.3. The quantitative estimate of drug-likeness (QED) is 0.325. The number of para-hydroxylation sites is 1. The molecular formula is C24H25N5O. The van der Waals surface area contributed by atoms with Crippen molar-refractivity contribution in [1.29, 1.82) is 5.26 Å². The van der Waals surface area contributed by atoms with Gasteiger partial charge in [0.2, 0.25) is 5.78 Å². The molecule has 3 rings (SSSR count). The van der Waals surface area contributed by atoms with Gasteiger partial charge in [-0.05, 0) is 32.2 Å². The van der Waals surface area contributed by atoms with Gasteiger partial charge < -0.3 is 14.5 Å². The van der Waals surface area contributed by atoms with Gasteiger partial charge in [-0.3, -0.25) is 4.79 Å². The molecule has 0 radical (unpaired) electrons. The number of rotatable bonds is 9. The Hall–Kier alpha value is -3.72. The Labute approximate surface area is 176 Å². The molecule has 30 heavy (non-hydrogen) atoms. The maximum Gasteiger partial charge on any atom is 0.230 e. The minimum absolute atomic E-state index is 0.132. The van der Waals surface area contributed by atoms with Crippen LogP contribution in [0.5, 0.6) is 0 Å². The number of allylic oxidation sites excluding steroid dienone is 4. The number of benzene rings is 1. The Morgan fingerprint density at radius 3 is 2.93 bits per heavy atom. The van der Waals surface area contributed by atoms with E-state index in [1.165, 1.54) is 0 Å². The second-order valence-electron chi connectivity index (χ2n) is 7.00. The van der Waals surface area contributed by atoms with E-state index in [1.54, 1.807) is 0 Å². The van der Waals surface area contributed by atoms with Crippen molar-refractivity contribution in [3.8, 4) is 6.07 Å². The number of carbonyl (C=O) groups is 1. The summed E-state index contributed by atoms with van der Waals surface area (Å²) >= 11 is 0. The van der Waals surface area contributed by atoms with Crippen LogP contribution in [-0.2, 0) is 13.0 Å². The highest BCUT2D eigenvalue weighted by atomic mass is 16.1. The van der Waals surface area contributed by atoms with Gasteiger partial charge in [-0.1, -0.05) is 36.4 Å². The van der Waals surface area contributed by atoms with Gasteiger partial charge in [0.15, 0.2) is 5.82 Å². The Kier molecular flexibility index (Phi) is 6.76. The number of hydrogen-bond acceptors (Lipinski definition) is 4. The standard InChI is InChI=1S/C24H25N5O/c1-4-18(9-7-8-13-25)15-29-16-20(19-10-5-6-11-22(19)29)23(30)24-27-17(2)21(28-24)12-14-26-3/h4-7,9-11,16H,3,8,12,14-15H2,1-2H3,(H,27,28)/b9-7-,18-4+. The predicted octanol–water partition coefficient (Wildman–Crippen LogP) is 4.56. The van der Waals surface area contributed by atoms with Crippen molar-refractivity contribution in [2.75, 3.05) is 6.54 Å². The number of aryl methyl sites for hydroxylation is 1. The number of aromatic amines is 1.